The summed E-state index contributed by atoms with van der Waals surface area (Å²) in [4.78, 5) is 23.8. The average molecular weight is 379 g/mol. The van der Waals surface area contributed by atoms with E-state index in [1.54, 1.807) is 30.6 Å². The lowest BCUT2D eigenvalue weighted by atomic mass is 10.2. The lowest BCUT2D eigenvalue weighted by Crippen LogP contribution is -1.98. The number of nitro groups is 1. The molecule has 2 aromatic heterocycles. The topological polar surface area (TPSA) is 91.0 Å². The molecule has 0 spiro atoms. The molecule has 0 atom stereocenters. The number of hydrogen-bond donors (Lipinski definition) is 0. The molecule has 0 saturated heterocycles. The van der Waals surface area contributed by atoms with E-state index < -0.39 is 4.92 Å². The van der Waals surface area contributed by atoms with E-state index in [4.69, 9.17) is 16.3 Å². The van der Waals surface area contributed by atoms with Gasteiger partial charge in [-0.05, 0) is 36.4 Å². The second-order valence-electron chi connectivity index (χ2n) is 5.58. The number of para-hydroxylation sites is 1. The van der Waals surface area contributed by atoms with Crippen molar-refractivity contribution in [2.24, 2.45) is 0 Å². The van der Waals surface area contributed by atoms with Crippen LogP contribution in [0.25, 0.3) is 22.3 Å². The summed E-state index contributed by atoms with van der Waals surface area (Å²) < 4.78 is 5.83. The van der Waals surface area contributed by atoms with Gasteiger partial charge in [0.05, 0.1) is 15.8 Å². The number of nitrogens with zero attached hydrogens (tertiary/aromatic N) is 4. The van der Waals surface area contributed by atoms with Gasteiger partial charge in [-0.2, -0.15) is 4.98 Å². The number of halogens is 1. The molecule has 27 heavy (non-hydrogen) atoms. The number of hydrogen-bond acceptors (Lipinski definition) is 6. The van der Waals surface area contributed by atoms with Crippen LogP contribution in [0.4, 0.5) is 5.69 Å². The fraction of sp³-hybridized carbons (Fsp3) is 0. The molecule has 0 aliphatic heterocycles. The third-order valence-corrected chi connectivity index (χ3v) is 4.07. The van der Waals surface area contributed by atoms with Crippen LogP contribution in [0, 0.1) is 10.1 Å². The average Bonchev–Trinajstić information content (AvgIpc) is 2.69. The SMILES string of the molecule is O=[N+]([O-])c1cc(Cl)ccc1Oc1nc(-c2ccncc2)nc2ccccc12. The quantitative estimate of drug-likeness (QED) is 0.364. The van der Waals surface area contributed by atoms with Gasteiger partial charge in [-0.25, -0.2) is 4.98 Å². The molecule has 0 amide bonds. The van der Waals surface area contributed by atoms with Gasteiger partial charge in [0.1, 0.15) is 0 Å². The molecule has 0 aliphatic rings. The van der Waals surface area contributed by atoms with Gasteiger partial charge in [-0.3, -0.25) is 15.1 Å². The molecule has 2 aromatic carbocycles. The molecule has 8 heteroatoms. The van der Waals surface area contributed by atoms with E-state index in [9.17, 15) is 10.1 Å². The molecule has 132 valence electrons. The van der Waals surface area contributed by atoms with Crippen molar-refractivity contribution in [1.29, 1.82) is 0 Å². The fourth-order valence-electron chi connectivity index (χ4n) is 2.58. The minimum absolute atomic E-state index is 0.0499. The number of benzene rings is 2. The van der Waals surface area contributed by atoms with Crippen LogP contribution in [-0.4, -0.2) is 19.9 Å². The summed E-state index contributed by atoms with van der Waals surface area (Å²) in [6.45, 7) is 0. The van der Waals surface area contributed by atoms with Crippen LogP contribution >= 0.6 is 11.6 Å². The third kappa shape index (κ3) is 3.40. The minimum Gasteiger partial charge on any atom is -0.431 e. The number of ether oxygens (including phenoxy) is 1. The van der Waals surface area contributed by atoms with Crippen LogP contribution in [0.15, 0.2) is 67.0 Å². The zero-order valence-corrected chi connectivity index (χ0v) is 14.5. The number of fused-ring (bicyclic) bond motifs is 1. The molecule has 4 rings (SSSR count). The van der Waals surface area contributed by atoms with Gasteiger partial charge >= 0.3 is 5.69 Å². The Morgan fingerprint density at radius 2 is 1.78 bits per heavy atom. The second-order valence-corrected chi connectivity index (χ2v) is 6.01. The summed E-state index contributed by atoms with van der Waals surface area (Å²) in [5.74, 6) is 0.703. The maximum atomic E-state index is 11.3. The first-order valence-electron chi connectivity index (χ1n) is 7.91. The number of nitro benzene ring substituents is 1. The molecule has 0 N–H and O–H groups in total. The Hall–Kier alpha value is -3.58. The van der Waals surface area contributed by atoms with Crippen molar-refractivity contribution in [3.05, 3.63) is 82.1 Å². The zero-order valence-electron chi connectivity index (χ0n) is 13.7. The van der Waals surface area contributed by atoms with Gasteiger partial charge < -0.3 is 4.74 Å². The summed E-state index contributed by atoms with van der Waals surface area (Å²) in [5, 5.41) is 12.2. The van der Waals surface area contributed by atoms with Crippen molar-refractivity contribution >= 4 is 28.2 Å². The van der Waals surface area contributed by atoms with Gasteiger partial charge in [0.15, 0.2) is 5.82 Å². The van der Waals surface area contributed by atoms with Crippen LogP contribution in [-0.2, 0) is 0 Å². The highest BCUT2D eigenvalue weighted by molar-refractivity contribution is 6.30. The molecular weight excluding hydrogens is 368 g/mol. The number of rotatable bonds is 4. The van der Waals surface area contributed by atoms with Crippen molar-refractivity contribution in [3.63, 3.8) is 0 Å². The largest absolute Gasteiger partial charge is 0.431 e. The lowest BCUT2D eigenvalue weighted by Gasteiger charge is -2.10. The first-order valence-corrected chi connectivity index (χ1v) is 8.28. The molecule has 0 saturated carbocycles. The highest BCUT2D eigenvalue weighted by Gasteiger charge is 2.19. The standard InChI is InChI=1S/C19H11ClN4O3/c20-13-5-6-17(16(11-13)24(25)26)27-19-14-3-1-2-4-15(14)22-18(23-19)12-7-9-21-10-8-12/h1-11H. The van der Waals surface area contributed by atoms with Crippen molar-refractivity contribution in [2.45, 2.75) is 0 Å². The summed E-state index contributed by atoms with van der Waals surface area (Å²) in [6.07, 6.45) is 3.27. The van der Waals surface area contributed by atoms with E-state index in [1.165, 1.54) is 18.2 Å². The molecule has 0 unspecified atom stereocenters. The monoisotopic (exact) mass is 378 g/mol. The predicted molar refractivity (Wildman–Crippen MR) is 101 cm³/mol. The van der Waals surface area contributed by atoms with Gasteiger partial charge in [-0.15, -0.1) is 0 Å². The highest BCUT2D eigenvalue weighted by atomic mass is 35.5. The Balaban J connectivity index is 1.88. The fourth-order valence-corrected chi connectivity index (χ4v) is 2.75. The second kappa shape index (κ2) is 6.97. The van der Waals surface area contributed by atoms with Crippen molar-refractivity contribution < 1.29 is 9.66 Å². The molecule has 2 heterocycles. The summed E-state index contributed by atoms with van der Waals surface area (Å²) in [5.41, 5.74) is 1.17. The maximum Gasteiger partial charge on any atom is 0.313 e. The van der Waals surface area contributed by atoms with Gasteiger partial charge in [0.25, 0.3) is 0 Å². The van der Waals surface area contributed by atoms with Gasteiger partial charge in [0, 0.05) is 29.0 Å². The molecular formula is C19H11ClN4O3. The Morgan fingerprint density at radius 3 is 2.56 bits per heavy atom. The highest BCUT2D eigenvalue weighted by Crippen LogP contribution is 2.36. The molecule has 0 radical (unpaired) electrons. The van der Waals surface area contributed by atoms with E-state index in [2.05, 4.69) is 15.0 Å². The molecule has 0 aliphatic carbocycles. The number of aromatic nitrogens is 3. The smallest absolute Gasteiger partial charge is 0.313 e. The van der Waals surface area contributed by atoms with Crippen molar-refractivity contribution in [1.82, 2.24) is 15.0 Å². The minimum atomic E-state index is -0.547. The third-order valence-electron chi connectivity index (χ3n) is 3.83. The van der Waals surface area contributed by atoms with Crippen LogP contribution in [0.1, 0.15) is 0 Å². The molecule has 0 bridgehead atoms. The first-order chi connectivity index (χ1) is 13.1. The van der Waals surface area contributed by atoms with E-state index >= 15 is 0 Å². The van der Waals surface area contributed by atoms with E-state index in [1.807, 2.05) is 18.2 Å². The Morgan fingerprint density at radius 1 is 1.00 bits per heavy atom. The van der Waals surface area contributed by atoms with E-state index in [-0.39, 0.29) is 22.3 Å². The van der Waals surface area contributed by atoms with Crippen LogP contribution in [0.3, 0.4) is 0 Å². The first kappa shape index (κ1) is 16.9. The van der Waals surface area contributed by atoms with E-state index in [0.717, 1.165) is 5.56 Å². The molecule has 7 nitrogen and oxygen atoms in total. The summed E-state index contributed by atoms with van der Waals surface area (Å²) in [6, 6.07) is 15.1. The molecule has 0 fully saturated rings. The van der Waals surface area contributed by atoms with E-state index in [0.29, 0.717) is 16.7 Å². The van der Waals surface area contributed by atoms with Crippen molar-refractivity contribution in [2.75, 3.05) is 0 Å². The summed E-state index contributed by atoms with van der Waals surface area (Å²) >= 11 is 5.87. The maximum absolute atomic E-state index is 11.3. The Kier molecular flexibility index (Phi) is 4.35. The normalized spacial score (nSPS) is 10.7. The zero-order chi connectivity index (χ0) is 18.8. The van der Waals surface area contributed by atoms with Crippen LogP contribution in [0.2, 0.25) is 5.02 Å². The van der Waals surface area contributed by atoms with Crippen LogP contribution in [0.5, 0.6) is 11.6 Å². The van der Waals surface area contributed by atoms with Gasteiger partial charge in [-0.1, -0.05) is 23.7 Å². The summed E-state index contributed by atoms with van der Waals surface area (Å²) in [7, 11) is 0. The Labute approximate surface area is 158 Å². The lowest BCUT2D eigenvalue weighted by molar-refractivity contribution is -0.385. The Bertz CT molecular complexity index is 1150. The van der Waals surface area contributed by atoms with Crippen molar-refractivity contribution in [3.8, 4) is 23.0 Å². The predicted octanol–water partition coefficient (Wildman–Crippen LogP) is 5.05. The number of pyridine rings is 1. The molecule has 4 aromatic rings. The van der Waals surface area contributed by atoms with Crippen LogP contribution < -0.4 is 4.74 Å². The van der Waals surface area contributed by atoms with Gasteiger partial charge in [0.2, 0.25) is 11.6 Å².